The maximum Gasteiger partial charge on any atom is 0.243 e. The Hall–Kier alpha value is -1.61. The number of hydrogen-bond acceptors (Lipinski definition) is 4. The van der Waals surface area contributed by atoms with Crippen LogP contribution in [-0.4, -0.2) is 37.5 Å². The van der Waals surface area contributed by atoms with Gasteiger partial charge in [-0.25, -0.2) is 12.8 Å². The normalized spacial score (nSPS) is 20.5. The molecule has 0 saturated carbocycles. The Labute approximate surface area is 185 Å². The Kier molecular flexibility index (Phi) is 6.39. The minimum atomic E-state index is -3.60. The fourth-order valence-corrected chi connectivity index (χ4v) is 6.62. The summed E-state index contributed by atoms with van der Waals surface area (Å²) >= 11 is 7.51. The number of halogens is 2. The minimum absolute atomic E-state index is 0.0920. The number of nitrogens with zero attached hydrogens (tertiary/aromatic N) is 1. The van der Waals surface area contributed by atoms with Gasteiger partial charge >= 0.3 is 0 Å². The van der Waals surface area contributed by atoms with E-state index in [4.69, 9.17) is 11.6 Å². The monoisotopic (exact) mass is 468 g/mol. The van der Waals surface area contributed by atoms with Gasteiger partial charge in [0.25, 0.3) is 0 Å². The molecule has 5 nitrogen and oxygen atoms in total. The molecule has 0 aliphatic carbocycles. The highest BCUT2D eigenvalue weighted by Gasteiger charge is 2.33. The second kappa shape index (κ2) is 8.86. The van der Waals surface area contributed by atoms with E-state index in [1.807, 2.05) is 0 Å². The molecule has 160 valence electrons. The van der Waals surface area contributed by atoms with Crippen molar-refractivity contribution >= 4 is 39.3 Å². The predicted molar refractivity (Wildman–Crippen MR) is 116 cm³/mol. The second-order valence-corrected chi connectivity index (χ2v) is 11.0. The fraction of sp³-hybridized carbons (Fsp3) is 0.381. The first-order chi connectivity index (χ1) is 14.3. The molecule has 2 aromatic rings. The highest BCUT2D eigenvalue weighted by molar-refractivity contribution is 7.99. The number of fused-ring (bicyclic) bond motifs is 1. The summed E-state index contributed by atoms with van der Waals surface area (Å²) in [6, 6.07) is 10.6. The van der Waals surface area contributed by atoms with E-state index in [-0.39, 0.29) is 41.7 Å². The minimum Gasteiger partial charge on any atom is -0.349 e. The maximum absolute atomic E-state index is 13.7. The number of thioether (sulfide) groups is 1. The van der Waals surface area contributed by atoms with Gasteiger partial charge < -0.3 is 5.32 Å². The third kappa shape index (κ3) is 4.51. The third-order valence-corrected chi connectivity index (χ3v) is 8.89. The van der Waals surface area contributed by atoms with Crippen LogP contribution in [0.15, 0.2) is 52.3 Å². The van der Waals surface area contributed by atoms with Crippen molar-refractivity contribution in [1.29, 1.82) is 0 Å². The average molecular weight is 469 g/mol. The zero-order valence-corrected chi connectivity index (χ0v) is 18.6. The third-order valence-electron chi connectivity index (χ3n) is 5.60. The number of piperidine rings is 1. The Morgan fingerprint density at radius 1 is 1.10 bits per heavy atom. The largest absolute Gasteiger partial charge is 0.349 e. The van der Waals surface area contributed by atoms with Crippen molar-refractivity contribution in [2.24, 2.45) is 5.92 Å². The molecule has 30 heavy (non-hydrogen) atoms. The lowest BCUT2D eigenvalue weighted by Gasteiger charge is -2.32. The highest BCUT2D eigenvalue weighted by Crippen LogP contribution is 2.37. The number of rotatable bonds is 4. The molecule has 0 bridgehead atoms. The van der Waals surface area contributed by atoms with Crippen molar-refractivity contribution in [3.63, 3.8) is 0 Å². The molecule has 1 amide bonds. The van der Waals surface area contributed by atoms with Gasteiger partial charge in [0.1, 0.15) is 5.82 Å². The van der Waals surface area contributed by atoms with Crippen molar-refractivity contribution < 1.29 is 17.6 Å². The van der Waals surface area contributed by atoms with Crippen molar-refractivity contribution in [3.8, 4) is 0 Å². The van der Waals surface area contributed by atoms with Crippen LogP contribution >= 0.6 is 23.4 Å². The van der Waals surface area contributed by atoms with E-state index >= 15 is 0 Å². The number of sulfonamides is 1. The van der Waals surface area contributed by atoms with Crippen LogP contribution in [0.4, 0.5) is 4.39 Å². The predicted octanol–water partition coefficient (Wildman–Crippen LogP) is 4.23. The van der Waals surface area contributed by atoms with Gasteiger partial charge in [-0.2, -0.15) is 4.31 Å². The molecular formula is C21H22ClFN2O3S2. The SMILES string of the molecule is O=C(NC1CCSc2ccc(F)cc21)C1CCN(S(=O)(=O)c2ccc(Cl)cc2)CC1. The lowest BCUT2D eigenvalue weighted by Crippen LogP contribution is -2.44. The van der Waals surface area contributed by atoms with E-state index in [1.54, 1.807) is 30.0 Å². The maximum atomic E-state index is 13.7. The van der Waals surface area contributed by atoms with Gasteiger partial charge in [0.05, 0.1) is 10.9 Å². The summed E-state index contributed by atoms with van der Waals surface area (Å²) in [5.41, 5.74) is 0.822. The van der Waals surface area contributed by atoms with E-state index in [2.05, 4.69) is 5.32 Å². The summed E-state index contributed by atoms with van der Waals surface area (Å²) < 4.78 is 40.7. The molecule has 1 atom stereocenters. The molecule has 2 heterocycles. The Bertz CT molecular complexity index is 1040. The van der Waals surface area contributed by atoms with Gasteiger partial charge in [-0.3, -0.25) is 4.79 Å². The number of benzene rings is 2. The summed E-state index contributed by atoms with van der Waals surface area (Å²) in [6.45, 7) is 0.573. The van der Waals surface area contributed by atoms with Crippen LogP contribution in [0.2, 0.25) is 5.02 Å². The zero-order valence-electron chi connectivity index (χ0n) is 16.2. The Balaban J connectivity index is 1.38. The number of carbonyl (C=O) groups excluding carboxylic acids is 1. The molecule has 9 heteroatoms. The van der Waals surface area contributed by atoms with Gasteiger partial charge in [0, 0.05) is 34.7 Å². The first-order valence-corrected chi connectivity index (χ1v) is 12.6. The summed E-state index contributed by atoms with van der Waals surface area (Å²) in [5.74, 6) is 0.205. The average Bonchev–Trinajstić information content (AvgIpc) is 2.74. The number of amides is 1. The van der Waals surface area contributed by atoms with Crippen LogP contribution < -0.4 is 5.32 Å². The summed E-state index contributed by atoms with van der Waals surface area (Å²) in [7, 11) is -3.60. The van der Waals surface area contributed by atoms with E-state index < -0.39 is 10.0 Å². The molecule has 1 fully saturated rings. The zero-order chi connectivity index (χ0) is 21.3. The molecule has 4 rings (SSSR count). The fourth-order valence-electron chi connectivity index (χ4n) is 3.92. The van der Waals surface area contributed by atoms with E-state index in [1.165, 1.54) is 28.6 Å². The van der Waals surface area contributed by atoms with Gasteiger partial charge in [-0.05, 0) is 67.3 Å². The Morgan fingerprint density at radius 2 is 1.80 bits per heavy atom. The standard InChI is InChI=1S/C21H22ClFN2O3S2/c22-15-1-4-17(5-2-15)30(27,28)25-10-7-14(8-11-25)21(26)24-19-9-12-29-20-6-3-16(23)13-18(19)20/h1-6,13-14,19H,7-12H2,(H,24,26). The lowest BCUT2D eigenvalue weighted by atomic mass is 9.95. The molecule has 0 aromatic heterocycles. The van der Waals surface area contributed by atoms with Gasteiger partial charge in [-0.1, -0.05) is 11.6 Å². The van der Waals surface area contributed by atoms with E-state index in [9.17, 15) is 17.6 Å². The first kappa shape index (κ1) is 21.6. The topological polar surface area (TPSA) is 66.5 Å². The molecule has 2 aliphatic rings. The van der Waals surface area contributed by atoms with Crippen molar-refractivity contribution in [2.45, 2.75) is 35.1 Å². The van der Waals surface area contributed by atoms with Gasteiger partial charge in [0.2, 0.25) is 15.9 Å². The second-order valence-electron chi connectivity index (χ2n) is 7.51. The van der Waals surface area contributed by atoms with Gasteiger partial charge in [0.15, 0.2) is 0 Å². The van der Waals surface area contributed by atoms with Crippen LogP contribution in [0.5, 0.6) is 0 Å². The van der Waals surface area contributed by atoms with E-state index in [0.717, 1.165) is 22.6 Å². The number of hydrogen-bond donors (Lipinski definition) is 1. The van der Waals surface area contributed by atoms with E-state index in [0.29, 0.717) is 17.9 Å². The van der Waals surface area contributed by atoms with Crippen LogP contribution in [0.1, 0.15) is 30.9 Å². The van der Waals surface area contributed by atoms with Crippen molar-refractivity contribution in [2.75, 3.05) is 18.8 Å². The molecule has 1 saturated heterocycles. The number of nitrogens with one attached hydrogen (secondary N) is 1. The molecule has 2 aliphatic heterocycles. The quantitative estimate of drug-likeness (QED) is 0.729. The van der Waals surface area contributed by atoms with Crippen LogP contribution in [-0.2, 0) is 14.8 Å². The number of carbonyl (C=O) groups is 1. The molecule has 1 unspecified atom stereocenters. The summed E-state index contributed by atoms with van der Waals surface area (Å²) in [5, 5.41) is 3.54. The molecule has 1 N–H and O–H groups in total. The van der Waals surface area contributed by atoms with Crippen molar-refractivity contribution in [3.05, 3.63) is 58.9 Å². The van der Waals surface area contributed by atoms with Crippen LogP contribution in [0, 0.1) is 11.7 Å². The van der Waals surface area contributed by atoms with Crippen LogP contribution in [0.3, 0.4) is 0 Å². The smallest absolute Gasteiger partial charge is 0.243 e. The summed E-state index contributed by atoms with van der Waals surface area (Å²) in [6.07, 6.45) is 1.66. The van der Waals surface area contributed by atoms with Gasteiger partial charge in [-0.15, -0.1) is 11.8 Å². The Morgan fingerprint density at radius 3 is 2.50 bits per heavy atom. The highest BCUT2D eigenvalue weighted by atomic mass is 35.5. The van der Waals surface area contributed by atoms with Crippen molar-refractivity contribution in [1.82, 2.24) is 9.62 Å². The molecular weight excluding hydrogens is 447 g/mol. The lowest BCUT2D eigenvalue weighted by molar-refractivity contribution is -0.126. The molecule has 0 radical (unpaired) electrons. The molecule has 2 aromatic carbocycles. The van der Waals surface area contributed by atoms with Crippen LogP contribution in [0.25, 0.3) is 0 Å². The summed E-state index contributed by atoms with van der Waals surface area (Å²) in [4.78, 5) is 14.0. The molecule has 0 spiro atoms. The first-order valence-electron chi connectivity index (χ1n) is 9.83.